The Morgan fingerprint density at radius 1 is 1.41 bits per heavy atom. The molecule has 0 aromatic carbocycles. The Bertz CT molecular complexity index is 356. The zero-order chi connectivity index (χ0) is 12.6. The predicted octanol–water partition coefficient (Wildman–Crippen LogP) is 1.20. The molecule has 3 atom stereocenters. The maximum absolute atomic E-state index is 12.0. The summed E-state index contributed by atoms with van der Waals surface area (Å²) in [7, 11) is 0. The molecule has 2 aliphatic heterocycles. The van der Waals surface area contributed by atoms with E-state index in [-0.39, 0.29) is 18.2 Å². The highest BCUT2D eigenvalue weighted by Crippen LogP contribution is 2.26. The van der Waals surface area contributed by atoms with Gasteiger partial charge in [0.25, 0.3) is 0 Å². The smallest absolute Gasteiger partial charge is 0.410 e. The van der Waals surface area contributed by atoms with E-state index in [0.29, 0.717) is 6.54 Å². The van der Waals surface area contributed by atoms with Gasteiger partial charge in [-0.25, -0.2) is 4.79 Å². The molecule has 5 nitrogen and oxygen atoms in total. The minimum atomic E-state index is -0.477. The Morgan fingerprint density at radius 2 is 2.12 bits per heavy atom. The number of nitriles is 1. The molecule has 0 N–H and O–H groups in total. The fourth-order valence-corrected chi connectivity index (χ4v) is 2.42. The number of carbonyl (C=O) groups excluding carboxylic acids is 1. The van der Waals surface area contributed by atoms with Crippen LogP contribution in [0.25, 0.3) is 0 Å². The zero-order valence-electron chi connectivity index (χ0n) is 10.6. The van der Waals surface area contributed by atoms with Crippen molar-refractivity contribution in [2.45, 2.75) is 44.9 Å². The first-order valence-electron chi connectivity index (χ1n) is 6.04. The average molecular weight is 237 g/mol. The minimum Gasteiger partial charge on any atom is -0.444 e. The molecular formula is C12H19N3O2. The molecule has 0 saturated carbocycles. The molecule has 0 aromatic heterocycles. The van der Waals surface area contributed by atoms with Crippen LogP contribution >= 0.6 is 0 Å². The van der Waals surface area contributed by atoms with Gasteiger partial charge in [-0.05, 0) is 27.2 Å². The number of ether oxygens (including phenoxy) is 1. The fourth-order valence-electron chi connectivity index (χ4n) is 2.42. The van der Waals surface area contributed by atoms with Gasteiger partial charge >= 0.3 is 6.09 Å². The van der Waals surface area contributed by atoms with E-state index in [0.717, 1.165) is 19.5 Å². The highest BCUT2D eigenvalue weighted by molar-refractivity contribution is 5.69. The fraction of sp³-hybridized carbons (Fsp3) is 0.833. The maximum Gasteiger partial charge on any atom is 0.410 e. The quantitative estimate of drug-likeness (QED) is 0.635. The lowest BCUT2D eigenvalue weighted by molar-refractivity contribution is 0.00619. The number of nitrogens with zero attached hydrogens (tertiary/aromatic N) is 3. The van der Waals surface area contributed by atoms with Crippen molar-refractivity contribution in [3.05, 3.63) is 0 Å². The number of hydrogen-bond donors (Lipinski definition) is 0. The van der Waals surface area contributed by atoms with Crippen LogP contribution in [0, 0.1) is 11.3 Å². The number of carbonyl (C=O) groups is 1. The van der Waals surface area contributed by atoms with E-state index in [1.165, 1.54) is 0 Å². The molecule has 2 aliphatic rings. The van der Waals surface area contributed by atoms with Crippen LogP contribution in [-0.2, 0) is 4.74 Å². The van der Waals surface area contributed by atoms with Crippen molar-refractivity contribution < 1.29 is 9.53 Å². The monoisotopic (exact) mass is 237 g/mol. The molecule has 2 heterocycles. The van der Waals surface area contributed by atoms with Crippen LogP contribution in [-0.4, -0.2) is 53.2 Å². The summed E-state index contributed by atoms with van der Waals surface area (Å²) in [5.41, 5.74) is -0.477. The predicted molar refractivity (Wildman–Crippen MR) is 62.3 cm³/mol. The van der Waals surface area contributed by atoms with Crippen LogP contribution in [0.2, 0.25) is 0 Å². The summed E-state index contributed by atoms with van der Waals surface area (Å²) in [4.78, 5) is 15.9. The molecule has 2 rings (SSSR count). The molecule has 94 valence electrons. The van der Waals surface area contributed by atoms with Gasteiger partial charge in [0.05, 0.1) is 12.6 Å². The van der Waals surface area contributed by atoms with Crippen LogP contribution in [0.1, 0.15) is 27.2 Å². The molecule has 3 unspecified atom stereocenters. The Labute approximate surface area is 102 Å². The van der Waals surface area contributed by atoms with E-state index in [1.54, 1.807) is 4.90 Å². The number of piperazine rings is 1. The summed E-state index contributed by atoms with van der Waals surface area (Å²) in [6.45, 7) is 7.75. The third-order valence-corrected chi connectivity index (χ3v) is 3.22. The summed E-state index contributed by atoms with van der Waals surface area (Å²) >= 11 is 0. The molecule has 0 aliphatic carbocycles. The first kappa shape index (κ1) is 12.2. The largest absolute Gasteiger partial charge is 0.444 e. The van der Waals surface area contributed by atoms with Gasteiger partial charge in [-0.15, -0.1) is 0 Å². The van der Waals surface area contributed by atoms with E-state index >= 15 is 0 Å². The van der Waals surface area contributed by atoms with Gasteiger partial charge in [-0.3, -0.25) is 4.90 Å². The number of amides is 1. The highest BCUT2D eigenvalue weighted by atomic mass is 16.6. The Hall–Kier alpha value is -1.28. The van der Waals surface area contributed by atoms with E-state index in [2.05, 4.69) is 11.0 Å². The second-order valence-corrected chi connectivity index (χ2v) is 5.72. The molecular weight excluding hydrogens is 218 g/mol. The summed E-state index contributed by atoms with van der Waals surface area (Å²) in [6.07, 6.45) is 0.654. The van der Waals surface area contributed by atoms with E-state index < -0.39 is 5.60 Å². The summed E-state index contributed by atoms with van der Waals surface area (Å²) in [5, 5.41) is 9.07. The molecule has 0 spiro atoms. The lowest BCUT2D eigenvalue weighted by Gasteiger charge is -2.37. The van der Waals surface area contributed by atoms with E-state index in [1.807, 2.05) is 20.8 Å². The first-order valence-corrected chi connectivity index (χ1v) is 6.04. The zero-order valence-corrected chi connectivity index (χ0v) is 10.6. The van der Waals surface area contributed by atoms with Crippen molar-refractivity contribution in [1.29, 1.82) is 5.26 Å². The molecule has 2 fully saturated rings. The molecule has 0 aromatic rings. The highest BCUT2D eigenvalue weighted by Gasteiger charge is 2.42. The molecule has 0 radical (unpaired) electrons. The van der Waals surface area contributed by atoms with Crippen molar-refractivity contribution in [2.75, 3.05) is 19.6 Å². The van der Waals surface area contributed by atoms with Crippen molar-refractivity contribution in [1.82, 2.24) is 9.80 Å². The third-order valence-electron chi connectivity index (χ3n) is 3.22. The van der Waals surface area contributed by atoms with Crippen molar-refractivity contribution in [3.63, 3.8) is 0 Å². The Morgan fingerprint density at radius 3 is 2.71 bits per heavy atom. The molecule has 2 saturated heterocycles. The Kier molecular flexibility index (Phi) is 3.00. The second-order valence-electron chi connectivity index (χ2n) is 5.72. The summed E-state index contributed by atoms with van der Waals surface area (Å²) < 4.78 is 5.38. The van der Waals surface area contributed by atoms with Crippen molar-refractivity contribution >= 4 is 6.09 Å². The third kappa shape index (κ3) is 2.52. The SMILES string of the molecule is CC(C)(C)OC(=O)N1CC(C#N)N2CCC1C2. The molecule has 1 amide bonds. The average Bonchev–Trinajstić information content (AvgIpc) is 2.60. The normalized spacial score (nSPS) is 32.1. The van der Waals surface area contributed by atoms with Crippen LogP contribution < -0.4 is 0 Å². The molecule has 17 heavy (non-hydrogen) atoms. The standard InChI is InChI=1S/C12H19N3O2/c1-12(2,3)17-11(16)15-8-10(6-13)14-5-4-9(15)7-14/h9-10H,4-5,7-8H2,1-3H3. The topological polar surface area (TPSA) is 56.6 Å². The maximum atomic E-state index is 12.0. The van der Waals surface area contributed by atoms with Crippen molar-refractivity contribution in [2.24, 2.45) is 0 Å². The van der Waals surface area contributed by atoms with Gasteiger partial charge in [0.15, 0.2) is 0 Å². The van der Waals surface area contributed by atoms with Gasteiger partial charge in [-0.1, -0.05) is 0 Å². The van der Waals surface area contributed by atoms with E-state index in [4.69, 9.17) is 10.00 Å². The van der Waals surface area contributed by atoms with Crippen LogP contribution in [0.4, 0.5) is 4.79 Å². The number of fused-ring (bicyclic) bond motifs is 2. The van der Waals surface area contributed by atoms with Crippen LogP contribution in [0.3, 0.4) is 0 Å². The van der Waals surface area contributed by atoms with Crippen LogP contribution in [0.15, 0.2) is 0 Å². The van der Waals surface area contributed by atoms with E-state index in [9.17, 15) is 4.79 Å². The van der Waals surface area contributed by atoms with Gasteiger partial charge in [0, 0.05) is 19.1 Å². The lowest BCUT2D eigenvalue weighted by Crippen LogP contribution is -2.55. The van der Waals surface area contributed by atoms with Crippen molar-refractivity contribution in [3.8, 4) is 6.07 Å². The summed E-state index contributed by atoms with van der Waals surface area (Å²) in [6, 6.07) is 2.29. The van der Waals surface area contributed by atoms with Crippen LogP contribution in [0.5, 0.6) is 0 Å². The van der Waals surface area contributed by atoms with Gasteiger partial charge in [0.2, 0.25) is 0 Å². The molecule has 5 heteroatoms. The first-order chi connectivity index (χ1) is 7.90. The van der Waals surface area contributed by atoms with Gasteiger partial charge in [0.1, 0.15) is 11.6 Å². The number of rotatable bonds is 0. The second kappa shape index (κ2) is 4.19. The van der Waals surface area contributed by atoms with Gasteiger partial charge in [-0.2, -0.15) is 5.26 Å². The Balaban J connectivity index is 2.06. The minimum absolute atomic E-state index is 0.179. The number of hydrogen-bond acceptors (Lipinski definition) is 4. The summed E-state index contributed by atoms with van der Waals surface area (Å²) in [5.74, 6) is 0. The van der Waals surface area contributed by atoms with Gasteiger partial charge < -0.3 is 9.64 Å². The molecule has 2 bridgehead atoms. The lowest BCUT2D eigenvalue weighted by atomic mass is 10.1.